The van der Waals surface area contributed by atoms with E-state index in [0.717, 1.165) is 51.4 Å². The van der Waals surface area contributed by atoms with Gasteiger partial charge in [-0.3, -0.25) is 14.6 Å². The van der Waals surface area contributed by atoms with E-state index in [1.54, 1.807) is 6.20 Å². The first-order valence-corrected chi connectivity index (χ1v) is 10.5. The number of anilines is 1. The SMILES string of the molecule is O=C(CN1CCN(Cc2cccs2)CC1)Nc1ccnn1C1CCCC1. The minimum Gasteiger partial charge on any atom is -0.310 e. The quantitative estimate of drug-likeness (QED) is 0.846. The zero-order chi connectivity index (χ0) is 17.8. The molecule has 2 aromatic rings. The Labute approximate surface area is 158 Å². The Kier molecular flexibility index (Phi) is 5.67. The van der Waals surface area contributed by atoms with E-state index in [2.05, 4.69) is 37.7 Å². The molecule has 26 heavy (non-hydrogen) atoms. The molecule has 1 saturated heterocycles. The summed E-state index contributed by atoms with van der Waals surface area (Å²) in [7, 11) is 0. The molecule has 140 valence electrons. The Morgan fingerprint density at radius 2 is 1.92 bits per heavy atom. The first kappa shape index (κ1) is 17.7. The fourth-order valence-electron chi connectivity index (χ4n) is 3.97. The maximum atomic E-state index is 12.5. The smallest absolute Gasteiger partial charge is 0.239 e. The van der Waals surface area contributed by atoms with Crippen molar-refractivity contribution < 1.29 is 4.79 Å². The summed E-state index contributed by atoms with van der Waals surface area (Å²) in [6.45, 7) is 5.42. The second-order valence-corrected chi connectivity index (χ2v) is 8.31. The maximum Gasteiger partial charge on any atom is 0.239 e. The van der Waals surface area contributed by atoms with Crippen molar-refractivity contribution in [2.75, 3.05) is 38.0 Å². The first-order chi connectivity index (χ1) is 12.8. The van der Waals surface area contributed by atoms with Crippen LogP contribution in [0.3, 0.4) is 0 Å². The molecule has 2 fully saturated rings. The van der Waals surface area contributed by atoms with E-state index in [-0.39, 0.29) is 5.91 Å². The summed E-state index contributed by atoms with van der Waals surface area (Å²) in [5.41, 5.74) is 0. The van der Waals surface area contributed by atoms with Crippen molar-refractivity contribution in [2.45, 2.75) is 38.3 Å². The molecule has 1 aliphatic heterocycles. The average Bonchev–Trinajstić information content (AvgIpc) is 3.38. The first-order valence-electron chi connectivity index (χ1n) is 9.58. The number of hydrogen-bond acceptors (Lipinski definition) is 5. The van der Waals surface area contributed by atoms with Gasteiger partial charge in [0.05, 0.1) is 18.8 Å². The number of aromatic nitrogens is 2. The fraction of sp³-hybridized carbons (Fsp3) is 0.579. The van der Waals surface area contributed by atoms with Gasteiger partial charge in [0.1, 0.15) is 5.82 Å². The fourth-order valence-corrected chi connectivity index (χ4v) is 4.71. The van der Waals surface area contributed by atoms with E-state index in [4.69, 9.17) is 0 Å². The zero-order valence-electron chi connectivity index (χ0n) is 15.1. The Hall–Kier alpha value is -1.70. The normalized spacial score (nSPS) is 19.8. The second-order valence-electron chi connectivity index (χ2n) is 7.28. The highest BCUT2D eigenvalue weighted by atomic mass is 32.1. The van der Waals surface area contributed by atoms with E-state index in [1.165, 1.54) is 17.7 Å². The van der Waals surface area contributed by atoms with Crippen LogP contribution in [-0.4, -0.2) is 58.2 Å². The Morgan fingerprint density at radius 1 is 1.15 bits per heavy atom. The molecule has 0 atom stereocenters. The van der Waals surface area contributed by atoms with Gasteiger partial charge in [-0.25, -0.2) is 4.68 Å². The minimum absolute atomic E-state index is 0.0662. The highest BCUT2D eigenvalue weighted by molar-refractivity contribution is 7.09. The Balaban J connectivity index is 1.24. The largest absolute Gasteiger partial charge is 0.310 e. The summed E-state index contributed by atoms with van der Waals surface area (Å²) < 4.78 is 2.00. The third-order valence-corrected chi connectivity index (χ3v) is 6.26. The molecule has 6 nitrogen and oxygen atoms in total. The van der Waals surface area contributed by atoms with Crippen LogP contribution in [0, 0.1) is 0 Å². The van der Waals surface area contributed by atoms with Crippen LogP contribution in [0.2, 0.25) is 0 Å². The van der Waals surface area contributed by atoms with Gasteiger partial charge in [-0.1, -0.05) is 18.9 Å². The third-order valence-electron chi connectivity index (χ3n) is 5.40. The lowest BCUT2D eigenvalue weighted by atomic mass is 10.2. The van der Waals surface area contributed by atoms with E-state index in [9.17, 15) is 4.79 Å². The van der Waals surface area contributed by atoms with Crippen LogP contribution < -0.4 is 5.32 Å². The van der Waals surface area contributed by atoms with Gasteiger partial charge in [-0.2, -0.15) is 5.10 Å². The summed E-state index contributed by atoms with van der Waals surface area (Å²) in [5, 5.41) is 9.63. The van der Waals surface area contributed by atoms with Crippen LogP contribution in [0.4, 0.5) is 5.82 Å². The van der Waals surface area contributed by atoms with Gasteiger partial charge in [0.25, 0.3) is 0 Å². The van der Waals surface area contributed by atoms with Crippen molar-refractivity contribution in [1.82, 2.24) is 19.6 Å². The number of carbonyl (C=O) groups is 1. The molecule has 0 bridgehead atoms. The van der Waals surface area contributed by atoms with Crippen molar-refractivity contribution in [3.63, 3.8) is 0 Å². The molecule has 2 aliphatic rings. The monoisotopic (exact) mass is 373 g/mol. The topological polar surface area (TPSA) is 53.4 Å². The Bertz CT molecular complexity index is 699. The molecular formula is C19H27N5OS. The highest BCUT2D eigenvalue weighted by Gasteiger charge is 2.22. The van der Waals surface area contributed by atoms with Gasteiger partial charge in [-0.05, 0) is 24.3 Å². The van der Waals surface area contributed by atoms with Crippen molar-refractivity contribution >= 4 is 23.1 Å². The van der Waals surface area contributed by atoms with Gasteiger partial charge >= 0.3 is 0 Å². The molecule has 1 aliphatic carbocycles. The summed E-state index contributed by atoms with van der Waals surface area (Å²) in [4.78, 5) is 18.6. The molecule has 1 saturated carbocycles. The highest BCUT2D eigenvalue weighted by Crippen LogP contribution is 2.31. The average molecular weight is 374 g/mol. The summed E-state index contributed by atoms with van der Waals surface area (Å²) in [6.07, 6.45) is 6.63. The van der Waals surface area contributed by atoms with Gasteiger partial charge in [0.2, 0.25) is 5.91 Å². The summed E-state index contributed by atoms with van der Waals surface area (Å²) >= 11 is 1.81. The van der Waals surface area contributed by atoms with Crippen LogP contribution in [0.25, 0.3) is 0 Å². The minimum atomic E-state index is 0.0662. The molecule has 4 rings (SSSR count). The predicted molar refractivity (Wildman–Crippen MR) is 104 cm³/mol. The van der Waals surface area contributed by atoms with Crippen LogP contribution in [0.1, 0.15) is 36.6 Å². The number of thiophene rings is 1. The van der Waals surface area contributed by atoms with Crippen molar-refractivity contribution in [3.8, 4) is 0 Å². The lowest BCUT2D eigenvalue weighted by molar-refractivity contribution is -0.117. The molecule has 1 N–H and O–H groups in total. The number of hydrogen-bond donors (Lipinski definition) is 1. The van der Waals surface area contributed by atoms with Crippen molar-refractivity contribution in [3.05, 3.63) is 34.7 Å². The molecular weight excluding hydrogens is 346 g/mol. The van der Waals surface area contributed by atoms with Crippen molar-refractivity contribution in [1.29, 1.82) is 0 Å². The summed E-state index contributed by atoms with van der Waals surface area (Å²) in [6, 6.07) is 6.66. The maximum absolute atomic E-state index is 12.5. The standard InChI is InChI=1S/C19H27N5OS/c25-19(21-18-7-8-20-24(18)16-4-1-2-5-16)15-23-11-9-22(10-12-23)14-17-6-3-13-26-17/h3,6-8,13,16H,1-2,4-5,9-12,14-15H2,(H,21,25). The molecule has 1 amide bonds. The van der Waals surface area contributed by atoms with Crippen LogP contribution >= 0.6 is 11.3 Å². The van der Waals surface area contributed by atoms with Crippen LogP contribution in [0.5, 0.6) is 0 Å². The molecule has 0 spiro atoms. The number of carbonyl (C=O) groups excluding carboxylic acids is 1. The van der Waals surface area contributed by atoms with E-state index in [1.807, 2.05) is 22.1 Å². The van der Waals surface area contributed by atoms with Crippen LogP contribution in [-0.2, 0) is 11.3 Å². The van der Waals surface area contributed by atoms with Gasteiger partial charge in [0, 0.05) is 43.7 Å². The predicted octanol–water partition coefficient (Wildman–Crippen LogP) is 2.82. The van der Waals surface area contributed by atoms with Gasteiger partial charge < -0.3 is 5.32 Å². The Morgan fingerprint density at radius 3 is 2.65 bits per heavy atom. The van der Waals surface area contributed by atoms with Gasteiger partial charge in [0.15, 0.2) is 0 Å². The van der Waals surface area contributed by atoms with Gasteiger partial charge in [-0.15, -0.1) is 11.3 Å². The second kappa shape index (κ2) is 8.33. The lowest BCUT2D eigenvalue weighted by Crippen LogP contribution is -2.48. The third kappa shape index (κ3) is 4.34. The van der Waals surface area contributed by atoms with Crippen molar-refractivity contribution in [2.24, 2.45) is 0 Å². The molecule has 3 heterocycles. The number of nitrogens with zero attached hydrogens (tertiary/aromatic N) is 4. The van der Waals surface area contributed by atoms with E-state index in [0.29, 0.717) is 12.6 Å². The number of rotatable bonds is 6. The molecule has 0 aromatic carbocycles. The number of piperazine rings is 1. The van der Waals surface area contributed by atoms with E-state index < -0.39 is 0 Å². The zero-order valence-corrected chi connectivity index (χ0v) is 16.0. The van der Waals surface area contributed by atoms with Crippen LogP contribution in [0.15, 0.2) is 29.8 Å². The summed E-state index contributed by atoms with van der Waals surface area (Å²) in [5.74, 6) is 0.912. The lowest BCUT2D eigenvalue weighted by Gasteiger charge is -2.34. The molecule has 7 heteroatoms. The van der Waals surface area contributed by atoms with E-state index >= 15 is 0 Å². The molecule has 0 radical (unpaired) electrons. The molecule has 0 unspecified atom stereocenters. The number of nitrogens with one attached hydrogen (secondary N) is 1. The number of amides is 1. The molecule has 2 aromatic heterocycles.